The van der Waals surface area contributed by atoms with Crippen molar-refractivity contribution < 1.29 is 17.4 Å². The van der Waals surface area contributed by atoms with E-state index in [4.69, 9.17) is 0 Å². The zero-order valence-corrected chi connectivity index (χ0v) is 8.24. The van der Waals surface area contributed by atoms with Crippen LogP contribution < -0.4 is 5.14 Å². The van der Waals surface area contributed by atoms with E-state index in [1.807, 2.05) is 0 Å². The van der Waals surface area contributed by atoms with Gasteiger partial charge in [0.15, 0.2) is 0 Å². The van der Waals surface area contributed by atoms with Gasteiger partial charge in [0, 0.05) is 0 Å². The van der Waals surface area contributed by atoms with Gasteiger partial charge < -0.3 is 4.18 Å². The molecule has 0 bridgehead atoms. The molecule has 1 aromatic rings. The average molecular weight is 215 g/mol. The molecule has 2 N–H and O–H groups in total. The van der Waals surface area contributed by atoms with Crippen LogP contribution in [0.1, 0.15) is 15.9 Å². The summed E-state index contributed by atoms with van der Waals surface area (Å²) in [5.41, 5.74) is 0.808. The number of aryl methyl sites for hydroxylation is 1. The van der Waals surface area contributed by atoms with Gasteiger partial charge >= 0.3 is 16.3 Å². The fourth-order valence-corrected chi connectivity index (χ4v) is 1.25. The van der Waals surface area contributed by atoms with Crippen LogP contribution in [0.3, 0.4) is 0 Å². The van der Waals surface area contributed by atoms with Gasteiger partial charge in [0.05, 0.1) is 5.56 Å². The van der Waals surface area contributed by atoms with Crippen LogP contribution in [0.4, 0.5) is 0 Å². The van der Waals surface area contributed by atoms with Crippen LogP contribution in [-0.4, -0.2) is 14.4 Å². The topological polar surface area (TPSA) is 86.5 Å². The number of carbonyl (C=O) groups is 1. The maximum atomic E-state index is 11.2. The molecule has 0 aliphatic rings. The molecule has 0 radical (unpaired) electrons. The van der Waals surface area contributed by atoms with Crippen LogP contribution in [0, 0.1) is 6.92 Å². The number of hydrogen-bond donors (Lipinski definition) is 1. The van der Waals surface area contributed by atoms with E-state index in [0.717, 1.165) is 0 Å². The molecule has 0 saturated carbocycles. The first kappa shape index (κ1) is 10.7. The summed E-state index contributed by atoms with van der Waals surface area (Å²) in [4.78, 5) is 11.2. The lowest BCUT2D eigenvalue weighted by Gasteiger charge is -2.03. The van der Waals surface area contributed by atoms with Crippen molar-refractivity contribution in [2.24, 2.45) is 5.14 Å². The van der Waals surface area contributed by atoms with E-state index in [-0.39, 0.29) is 5.56 Å². The van der Waals surface area contributed by atoms with Gasteiger partial charge in [-0.15, -0.1) is 0 Å². The number of hydrogen-bond acceptors (Lipinski definition) is 4. The molecule has 0 aromatic heterocycles. The van der Waals surface area contributed by atoms with Crippen LogP contribution in [0.15, 0.2) is 24.3 Å². The van der Waals surface area contributed by atoms with Crippen LogP contribution in [0.5, 0.6) is 0 Å². The van der Waals surface area contributed by atoms with Crippen molar-refractivity contribution in [3.8, 4) is 0 Å². The lowest BCUT2D eigenvalue weighted by molar-refractivity contribution is 0.0746. The second-order valence-corrected chi connectivity index (χ2v) is 3.83. The Hall–Kier alpha value is -1.40. The molecule has 0 heterocycles. The van der Waals surface area contributed by atoms with Crippen molar-refractivity contribution in [3.05, 3.63) is 35.4 Å². The molecule has 0 unspecified atom stereocenters. The zero-order chi connectivity index (χ0) is 10.8. The summed E-state index contributed by atoms with van der Waals surface area (Å²) in [7, 11) is -4.24. The van der Waals surface area contributed by atoms with Crippen molar-refractivity contribution in [2.75, 3.05) is 0 Å². The molecule has 0 spiro atoms. The van der Waals surface area contributed by atoms with Gasteiger partial charge in [0.2, 0.25) is 0 Å². The number of nitrogens with two attached hydrogens (primary N) is 1. The standard InChI is InChI=1S/C8H9NO4S/c1-6-4-2-3-5-7(6)8(10)13-14(9,11)12/h2-5H,1H3,(H2,9,11,12). The molecule has 76 valence electrons. The van der Waals surface area contributed by atoms with Gasteiger partial charge in [0.1, 0.15) is 0 Å². The van der Waals surface area contributed by atoms with Crippen molar-refractivity contribution >= 4 is 16.3 Å². The van der Waals surface area contributed by atoms with Gasteiger partial charge in [-0.05, 0) is 18.6 Å². The van der Waals surface area contributed by atoms with Crippen molar-refractivity contribution in [1.82, 2.24) is 0 Å². The first-order chi connectivity index (χ1) is 6.40. The van der Waals surface area contributed by atoms with Gasteiger partial charge in [-0.2, -0.15) is 13.6 Å². The van der Waals surface area contributed by atoms with E-state index >= 15 is 0 Å². The third-order valence-corrected chi connectivity index (χ3v) is 1.94. The summed E-state index contributed by atoms with van der Waals surface area (Å²) >= 11 is 0. The van der Waals surface area contributed by atoms with E-state index in [0.29, 0.717) is 5.56 Å². The Balaban J connectivity index is 2.97. The predicted octanol–water partition coefficient (Wildman–Crippen LogP) is 0.355. The third-order valence-electron chi connectivity index (χ3n) is 1.56. The molecule has 14 heavy (non-hydrogen) atoms. The van der Waals surface area contributed by atoms with E-state index in [1.54, 1.807) is 25.1 Å². The highest BCUT2D eigenvalue weighted by atomic mass is 32.2. The number of benzene rings is 1. The molecule has 5 nitrogen and oxygen atoms in total. The first-order valence-corrected chi connectivity index (χ1v) is 5.19. The lowest BCUT2D eigenvalue weighted by Crippen LogP contribution is -2.20. The Kier molecular flexibility index (Phi) is 2.87. The van der Waals surface area contributed by atoms with Crippen LogP contribution in [-0.2, 0) is 14.5 Å². The first-order valence-electron chi connectivity index (χ1n) is 3.72. The second-order valence-electron chi connectivity index (χ2n) is 2.68. The highest BCUT2D eigenvalue weighted by Gasteiger charge is 2.15. The lowest BCUT2D eigenvalue weighted by atomic mass is 10.1. The molecular weight excluding hydrogens is 206 g/mol. The second kappa shape index (κ2) is 3.77. The van der Waals surface area contributed by atoms with Crippen LogP contribution in [0.2, 0.25) is 0 Å². The van der Waals surface area contributed by atoms with E-state index in [2.05, 4.69) is 9.32 Å². The summed E-state index contributed by atoms with van der Waals surface area (Å²) in [6.45, 7) is 1.67. The molecule has 0 aliphatic heterocycles. The molecule has 1 aromatic carbocycles. The highest BCUT2D eigenvalue weighted by Crippen LogP contribution is 2.08. The predicted molar refractivity (Wildman–Crippen MR) is 49.7 cm³/mol. The van der Waals surface area contributed by atoms with Crippen molar-refractivity contribution in [2.45, 2.75) is 6.92 Å². The van der Waals surface area contributed by atoms with Gasteiger partial charge in [0.25, 0.3) is 0 Å². The van der Waals surface area contributed by atoms with Crippen molar-refractivity contribution in [3.63, 3.8) is 0 Å². The largest absolute Gasteiger partial charge is 0.382 e. The van der Waals surface area contributed by atoms with E-state index in [9.17, 15) is 13.2 Å². The van der Waals surface area contributed by atoms with Gasteiger partial charge in [-0.1, -0.05) is 18.2 Å². The maximum Gasteiger partial charge on any atom is 0.382 e. The van der Waals surface area contributed by atoms with E-state index in [1.165, 1.54) is 6.07 Å². The Bertz CT molecular complexity index is 452. The summed E-state index contributed by atoms with van der Waals surface area (Å²) < 4.78 is 24.9. The fourth-order valence-electron chi connectivity index (χ4n) is 0.952. The highest BCUT2D eigenvalue weighted by molar-refractivity contribution is 7.84. The molecular formula is C8H9NO4S. The van der Waals surface area contributed by atoms with Crippen molar-refractivity contribution in [1.29, 1.82) is 0 Å². The third kappa shape index (κ3) is 2.82. The maximum absolute atomic E-state index is 11.2. The van der Waals surface area contributed by atoms with Gasteiger partial charge in [-0.3, -0.25) is 0 Å². The van der Waals surface area contributed by atoms with Gasteiger partial charge in [-0.25, -0.2) is 4.79 Å². The number of carbonyl (C=O) groups excluding carboxylic acids is 1. The Morgan fingerprint density at radius 3 is 2.43 bits per heavy atom. The molecule has 6 heteroatoms. The summed E-state index contributed by atoms with van der Waals surface area (Å²) in [6.07, 6.45) is 0. The minimum atomic E-state index is -4.24. The average Bonchev–Trinajstić information content (AvgIpc) is 2.01. The zero-order valence-electron chi connectivity index (χ0n) is 7.43. The summed E-state index contributed by atoms with van der Waals surface area (Å²) in [6, 6.07) is 6.46. The van der Waals surface area contributed by atoms with Crippen LogP contribution >= 0.6 is 0 Å². The molecule has 1 rings (SSSR count). The Morgan fingerprint density at radius 1 is 1.36 bits per heavy atom. The molecule has 0 aliphatic carbocycles. The normalized spacial score (nSPS) is 11.0. The minimum Gasteiger partial charge on any atom is -0.330 e. The smallest absolute Gasteiger partial charge is 0.330 e. The monoisotopic (exact) mass is 215 g/mol. The summed E-state index contributed by atoms with van der Waals surface area (Å²) in [5, 5.41) is 4.55. The quantitative estimate of drug-likeness (QED) is 0.771. The molecule has 0 atom stereocenters. The Morgan fingerprint density at radius 2 is 1.93 bits per heavy atom. The molecule has 0 saturated heterocycles. The van der Waals surface area contributed by atoms with E-state index < -0.39 is 16.3 Å². The summed E-state index contributed by atoms with van der Waals surface area (Å²) in [5.74, 6) is -0.967. The SMILES string of the molecule is Cc1ccccc1C(=O)OS(N)(=O)=O. The Labute approximate surface area is 81.7 Å². The molecule has 0 fully saturated rings. The van der Waals surface area contributed by atoms with Crippen LogP contribution in [0.25, 0.3) is 0 Å². The fraction of sp³-hybridized carbons (Fsp3) is 0.125. The molecule has 0 amide bonds. The minimum absolute atomic E-state index is 0.182. The number of rotatable bonds is 2.